The molecule has 0 aliphatic carbocycles. The van der Waals surface area contributed by atoms with Gasteiger partial charge >= 0.3 is 5.97 Å². The van der Waals surface area contributed by atoms with Crippen LogP contribution in [0.4, 0.5) is 0 Å². The van der Waals surface area contributed by atoms with Gasteiger partial charge in [-0.25, -0.2) is 0 Å². The van der Waals surface area contributed by atoms with Gasteiger partial charge in [-0.1, -0.05) is 28.1 Å². The highest BCUT2D eigenvalue weighted by molar-refractivity contribution is 9.10. The second-order valence-electron chi connectivity index (χ2n) is 5.99. The molecular weight excluding hydrogens is 378 g/mol. The molecule has 0 amide bonds. The van der Waals surface area contributed by atoms with Crippen molar-refractivity contribution >= 4 is 21.9 Å². The van der Waals surface area contributed by atoms with Gasteiger partial charge in [0, 0.05) is 36.5 Å². The van der Waals surface area contributed by atoms with Gasteiger partial charge in [0.1, 0.15) is 0 Å². The van der Waals surface area contributed by atoms with Crippen LogP contribution in [0.1, 0.15) is 31.2 Å². The minimum Gasteiger partial charge on any atom is -0.449 e. The number of benzene rings is 1. The van der Waals surface area contributed by atoms with E-state index in [4.69, 9.17) is 4.74 Å². The van der Waals surface area contributed by atoms with Crippen molar-refractivity contribution in [3.8, 4) is 0 Å². The number of halogens is 1. The van der Waals surface area contributed by atoms with E-state index < -0.39 is 22.5 Å². The second kappa shape index (κ2) is 7.12. The molecule has 0 aliphatic heterocycles. The summed E-state index contributed by atoms with van der Waals surface area (Å²) in [6, 6.07) is 8.62. The fraction of sp³-hybridized carbons (Fsp3) is 0.375. The normalized spacial score (nSPS) is 12.7. The van der Waals surface area contributed by atoms with E-state index >= 15 is 0 Å². The van der Waals surface area contributed by atoms with E-state index in [0.29, 0.717) is 11.3 Å². The number of rotatable bonds is 6. The van der Waals surface area contributed by atoms with Crippen LogP contribution in [0.5, 0.6) is 0 Å². The summed E-state index contributed by atoms with van der Waals surface area (Å²) in [5, 5.41) is 15.6. The number of hydrogen-bond acceptors (Lipinski definition) is 5. The van der Waals surface area contributed by atoms with E-state index in [9.17, 15) is 14.9 Å². The monoisotopic (exact) mass is 395 g/mol. The molecule has 0 N–H and O–H groups in total. The maximum absolute atomic E-state index is 12.2. The quantitative estimate of drug-likeness (QED) is 0.426. The molecule has 0 fully saturated rings. The van der Waals surface area contributed by atoms with Crippen molar-refractivity contribution in [1.29, 1.82) is 0 Å². The van der Waals surface area contributed by atoms with Crippen LogP contribution in [0.2, 0.25) is 0 Å². The molecule has 2 rings (SSSR count). The van der Waals surface area contributed by atoms with Gasteiger partial charge in [-0.15, -0.1) is 0 Å². The predicted octanol–water partition coefficient (Wildman–Crippen LogP) is 3.06. The SMILES string of the molecule is Cn1ccc(CC(=O)OC(c2ccc(Br)cc2)C(C)(C)[N+](=O)[O-])n1. The first-order valence-electron chi connectivity index (χ1n) is 7.28. The first-order valence-corrected chi connectivity index (χ1v) is 8.07. The minimum atomic E-state index is -1.46. The summed E-state index contributed by atoms with van der Waals surface area (Å²) >= 11 is 3.32. The molecule has 1 aromatic carbocycles. The molecule has 0 saturated carbocycles. The molecule has 0 aliphatic rings. The van der Waals surface area contributed by atoms with Crippen LogP contribution >= 0.6 is 15.9 Å². The Bertz CT molecular complexity index is 740. The van der Waals surface area contributed by atoms with Gasteiger partial charge in [-0.2, -0.15) is 5.10 Å². The minimum absolute atomic E-state index is 0.0400. The Hall–Kier alpha value is -2.22. The number of carbonyl (C=O) groups is 1. The lowest BCUT2D eigenvalue weighted by atomic mass is 9.91. The van der Waals surface area contributed by atoms with Crippen molar-refractivity contribution in [3.63, 3.8) is 0 Å². The van der Waals surface area contributed by atoms with Gasteiger partial charge in [0.2, 0.25) is 0 Å². The number of hydrogen-bond donors (Lipinski definition) is 0. The molecule has 1 unspecified atom stereocenters. The van der Waals surface area contributed by atoms with Crippen molar-refractivity contribution in [1.82, 2.24) is 9.78 Å². The molecule has 1 atom stereocenters. The number of aromatic nitrogens is 2. The van der Waals surface area contributed by atoms with E-state index in [-0.39, 0.29) is 6.42 Å². The third-order valence-corrected chi connectivity index (χ3v) is 4.16. The second-order valence-corrected chi connectivity index (χ2v) is 6.91. The number of ether oxygens (including phenoxy) is 1. The first-order chi connectivity index (χ1) is 11.2. The molecule has 0 bridgehead atoms. The summed E-state index contributed by atoms with van der Waals surface area (Å²) in [5.41, 5.74) is -0.349. The molecular formula is C16H18BrN3O4. The Labute approximate surface area is 147 Å². The lowest BCUT2D eigenvalue weighted by Gasteiger charge is -2.27. The maximum Gasteiger partial charge on any atom is 0.312 e. The van der Waals surface area contributed by atoms with Crippen LogP contribution in [0.25, 0.3) is 0 Å². The van der Waals surface area contributed by atoms with Crippen molar-refractivity contribution in [3.05, 3.63) is 62.4 Å². The van der Waals surface area contributed by atoms with E-state index in [1.54, 1.807) is 48.3 Å². The topological polar surface area (TPSA) is 87.3 Å². The van der Waals surface area contributed by atoms with Crippen LogP contribution in [0.15, 0.2) is 41.0 Å². The summed E-state index contributed by atoms with van der Waals surface area (Å²) in [4.78, 5) is 23.2. The van der Waals surface area contributed by atoms with Gasteiger partial charge in [-0.05, 0) is 23.8 Å². The van der Waals surface area contributed by atoms with Gasteiger partial charge in [-0.3, -0.25) is 19.6 Å². The zero-order chi connectivity index (χ0) is 17.9. The summed E-state index contributed by atoms with van der Waals surface area (Å²) in [5.74, 6) is -0.559. The van der Waals surface area contributed by atoms with Crippen molar-refractivity contribution in [2.75, 3.05) is 0 Å². The van der Waals surface area contributed by atoms with Gasteiger partial charge in [0.15, 0.2) is 6.10 Å². The van der Waals surface area contributed by atoms with Crippen LogP contribution < -0.4 is 0 Å². The maximum atomic E-state index is 12.2. The Morgan fingerprint density at radius 2 is 2.00 bits per heavy atom. The molecule has 2 aromatic rings. The lowest BCUT2D eigenvalue weighted by molar-refractivity contribution is -0.574. The molecule has 24 heavy (non-hydrogen) atoms. The van der Waals surface area contributed by atoms with Crippen molar-refractivity contribution in [2.45, 2.75) is 31.9 Å². The summed E-state index contributed by atoms with van der Waals surface area (Å²) in [7, 11) is 1.75. The van der Waals surface area contributed by atoms with Crippen molar-refractivity contribution in [2.24, 2.45) is 7.05 Å². The van der Waals surface area contributed by atoms with E-state index in [1.807, 2.05) is 0 Å². The van der Waals surface area contributed by atoms with E-state index in [2.05, 4.69) is 21.0 Å². The van der Waals surface area contributed by atoms with E-state index in [1.165, 1.54) is 13.8 Å². The predicted molar refractivity (Wildman–Crippen MR) is 91.0 cm³/mol. The Morgan fingerprint density at radius 1 is 1.38 bits per heavy atom. The molecule has 128 valence electrons. The van der Waals surface area contributed by atoms with Gasteiger partial charge in [0.05, 0.1) is 12.1 Å². The number of nitrogens with zero attached hydrogens (tertiary/aromatic N) is 3. The number of esters is 1. The highest BCUT2D eigenvalue weighted by Crippen LogP contribution is 2.33. The molecule has 0 radical (unpaired) electrons. The number of nitro groups is 1. The standard InChI is InChI=1S/C16H18BrN3O4/c1-16(2,20(22)23)15(11-4-6-12(17)7-5-11)24-14(21)10-13-8-9-19(3)18-13/h4-9,15H,10H2,1-3H3. The van der Waals surface area contributed by atoms with Crippen LogP contribution in [-0.4, -0.2) is 26.2 Å². The van der Waals surface area contributed by atoms with Crippen molar-refractivity contribution < 1.29 is 14.5 Å². The lowest BCUT2D eigenvalue weighted by Crippen LogP contribution is -2.40. The largest absolute Gasteiger partial charge is 0.449 e. The molecule has 8 heteroatoms. The molecule has 1 heterocycles. The molecule has 7 nitrogen and oxygen atoms in total. The fourth-order valence-electron chi connectivity index (χ4n) is 2.23. The average molecular weight is 396 g/mol. The highest BCUT2D eigenvalue weighted by atomic mass is 79.9. The molecule has 0 spiro atoms. The molecule has 1 aromatic heterocycles. The summed E-state index contributed by atoms with van der Waals surface area (Å²) in [6.45, 7) is 2.88. The first kappa shape index (κ1) is 18.1. The zero-order valence-electron chi connectivity index (χ0n) is 13.6. The zero-order valence-corrected chi connectivity index (χ0v) is 15.2. The third-order valence-electron chi connectivity index (χ3n) is 3.63. The Morgan fingerprint density at radius 3 is 2.50 bits per heavy atom. The van der Waals surface area contributed by atoms with Gasteiger partial charge in [0.25, 0.3) is 5.54 Å². The number of carbonyl (C=O) groups excluding carboxylic acids is 1. The smallest absolute Gasteiger partial charge is 0.312 e. The third kappa shape index (κ3) is 4.19. The Kier molecular flexibility index (Phi) is 5.38. The summed E-state index contributed by atoms with van der Waals surface area (Å²) < 4.78 is 7.89. The molecule has 0 saturated heterocycles. The Balaban J connectivity index is 2.24. The highest BCUT2D eigenvalue weighted by Gasteiger charge is 2.44. The average Bonchev–Trinajstić information content (AvgIpc) is 2.90. The fourth-order valence-corrected chi connectivity index (χ4v) is 2.50. The van der Waals surface area contributed by atoms with Gasteiger partial charge < -0.3 is 4.74 Å². The van der Waals surface area contributed by atoms with Crippen LogP contribution in [0, 0.1) is 10.1 Å². The number of aryl methyl sites for hydroxylation is 1. The summed E-state index contributed by atoms with van der Waals surface area (Å²) in [6.07, 6.45) is 0.675. The van der Waals surface area contributed by atoms with Crippen LogP contribution in [0.3, 0.4) is 0 Å². The van der Waals surface area contributed by atoms with Crippen LogP contribution in [-0.2, 0) is 23.0 Å². The van der Waals surface area contributed by atoms with E-state index in [0.717, 1.165) is 4.47 Å².